The molecule has 3 atom stereocenters. The van der Waals surface area contributed by atoms with Crippen LogP contribution in [0.5, 0.6) is 0 Å². The lowest BCUT2D eigenvalue weighted by Gasteiger charge is -2.39. The van der Waals surface area contributed by atoms with Crippen molar-refractivity contribution in [3.63, 3.8) is 0 Å². The number of hydrogen-bond acceptors (Lipinski definition) is 6. The summed E-state index contributed by atoms with van der Waals surface area (Å²) in [4.78, 5) is 52.7. The quantitative estimate of drug-likeness (QED) is 0.355. The lowest BCUT2D eigenvalue weighted by Crippen LogP contribution is -2.47. The van der Waals surface area contributed by atoms with Crippen molar-refractivity contribution in [1.29, 1.82) is 0 Å². The average Bonchev–Trinajstić information content (AvgIpc) is 3.67. The van der Waals surface area contributed by atoms with Crippen LogP contribution in [0.15, 0.2) is 22.8 Å². The molecule has 5 heterocycles. The smallest absolute Gasteiger partial charge is 0.315 e. The van der Waals surface area contributed by atoms with Crippen molar-refractivity contribution in [3.8, 4) is 0 Å². The molecular weight excluding hydrogens is 482 g/mol. The van der Waals surface area contributed by atoms with Gasteiger partial charge in [-0.3, -0.25) is 14.4 Å². The van der Waals surface area contributed by atoms with E-state index in [0.29, 0.717) is 24.8 Å². The van der Waals surface area contributed by atoms with Crippen LogP contribution in [0.4, 0.5) is 4.79 Å². The van der Waals surface area contributed by atoms with Gasteiger partial charge in [-0.25, -0.2) is 4.79 Å². The van der Waals surface area contributed by atoms with Crippen LogP contribution in [-0.4, -0.2) is 89.4 Å². The number of rotatable bonds is 8. The monoisotopic (exact) mass is 517 g/mol. The molecule has 4 aliphatic rings. The number of urea groups is 1. The minimum atomic E-state index is -0.389. The summed E-state index contributed by atoms with van der Waals surface area (Å²) in [5, 5.41) is 9.06. The second-order valence-corrected chi connectivity index (χ2v) is 11.7. The number of hydrogen-bond donors (Lipinski definition) is 3. The summed E-state index contributed by atoms with van der Waals surface area (Å²) in [5.74, 6) is 0.919. The third-order valence-corrected chi connectivity index (χ3v) is 9.69. The Morgan fingerprint density at radius 2 is 1.86 bits per heavy atom. The number of carbonyl (C=O) groups is 4. The van der Waals surface area contributed by atoms with Gasteiger partial charge in [-0.05, 0) is 49.7 Å². The average molecular weight is 518 g/mol. The number of carbonyl (C=O) groups excluding carboxylic acids is 4. The highest BCUT2D eigenvalue weighted by Gasteiger charge is 2.44. The molecule has 0 bridgehead atoms. The number of nitrogens with one attached hydrogen (secondary N) is 3. The van der Waals surface area contributed by atoms with Crippen LogP contribution >= 0.6 is 11.8 Å². The summed E-state index contributed by atoms with van der Waals surface area (Å²) < 4.78 is 5.05. The Bertz CT molecular complexity index is 977. The molecule has 36 heavy (non-hydrogen) atoms. The number of amides is 5. The number of furan rings is 1. The number of unbranched alkanes of at least 4 members (excludes halogenated alkanes) is 1. The van der Waals surface area contributed by atoms with Gasteiger partial charge in [-0.15, -0.1) is 0 Å². The number of likely N-dealkylation sites (tertiary alicyclic amines) is 2. The lowest BCUT2D eigenvalue weighted by molar-refractivity contribution is -0.134. The molecule has 0 saturated carbocycles. The number of nitrogens with zero attached hydrogens (tertiary/aromatic N) is 2. The first-order chi connectivity index (χ1) is 17.4. The van der Waals surface area contributed by atoms with Crippen LogP contribution in [0, 0.1) is 5.41 Å². The molecule has 0 aliphatic carbocycles. The molecule has 1 spiro atoms. The van der Waals surface area contributed by atoms with E-state index in [1.54, 1.807) is 12.1 Å². The van der Waals surface area contributed by atoms with Crippen molar-refractivity contribution in [2.75, 3.05) is 38.5 Å². The normalized spacial score (nSPS) is 26.6. The molecule has 4 aliphatic heterocycles. The largest absolute Gasteiger partial charge is 0.459 e. The van der Waals surface area contributed by atoms with Gasteiger partial charge in [0.15, 0.2) is 5.76 Å². The van der Waals surface area contributed by atoms with Crippen LogP contribution in [-0.2, 0) is 9.59 Å². The van der Waals surface area contributed by atoms with Crippen molar-refractivity contribution in [2.45, 2.75) is 62.3 Å². The van der Waals surface area contributed by atoms with E-state index in [2.05, 4.69) is 16.0 Å². The molecule has 196 valence electrons. The summed E-state index contributed by atoms with van der Waals surface area (Å²) in [7, 11) is 0. The molecule has 0 radical (unpaired) electrons. The Morgan fingerprint density at radius 1 is 1.08 bits per heavy atom. The number of piperidine rings is 1. The Labute approximate surface area is 215 Å². The minimum absolute atomic E-state index is 0.0409. The Hall–Kier alpha value is -2.69. The van der Waals surface area contributed by atoms with Crippen molar-refractivity contribution in [1.82, 2.24) is 25.8 Å². The molecule has 3 unspecified atom stereocenters. The van der Waals surface area contributed by atoms with E-state index < -0.39 is 0 Å². The van der Waals surface area contributed by atoms with Gasteiger partial charge >= 0.3 is 6.03 Å². The highest BCUT2D eigenvalue weighted by Crippen LogP contribution is 2.40. The topological polar surface area (TPSA) is 124 Å². The fraction of sp³-hybridized carbons (Fsp3) is 0.680. The molecule has 4 fully saturated rings. The summed E-state index contributed by atoms with van der Waals surface area (Å²) in [5.41, 5.74) is 0.104. The van der Waals surface area contributed by atoms with Crippen LogP contribution in [0.3, 0.4) is 0 Å². The van der Waals surface area contributed by atoms with E-state index in [9.17, 15) is 19.2 Å². The predicted molar refractivity (Wildman–Crippen MR) is 134 cm³/mol. The van der Waals surface area contributed by atoms with Gasteiger partial charge in [0.2, 0.25) is 11.8 Å². The molecule has 5 amide bonds. The van der Waals surface area contributed by atoms with E-state index in [1.807, 2.05) is 21.6 Å². The Morgan fingerprint density at radius 3 is 2.61 bits per heavy atom. The third-order valence-electron chi connectivity index (χ3n) is 8.18. The predicted octanol–water partition coefficient (Wildman–Crippen LogP) is 1.58. The minimum Gasteiger partial charge on any atom is -0.459 e. The summed E-state index contributed by atoms with van der Waals surface area (Å²) in [6, 6.07) is 3.62. The van der Waals surface area contributed by atoms with Crippen molar-refractivity contribution in [3.05, 3.63) is 24.2 Å². The van der Waals surface area contributed by atoms with E-state index in [1.165, 1.54) is 6.26 Å². The van der Waals surface area contributed by atoms with E-state index in [4.69, 9.17) is 4.42 Å². The zero-order valence-electron chi connectivity index (χ0n) is 20.5. The van der Waals surface area contributed by atoms with Gasteiger partial charge in [-0.2, -0.15) is 11.8 Å². The highest BCUT2D eigenvalue weighted by atomic mass is 32.2. The first-order valence-electron chi connectivity index (χ1n) is 13.0. The van der Waals surface area contributed by atoms with Crippen molar-refractivity contribution < 1.29 is 23.6 Å². The molecule has 1 aromatic heterocycles. The second-order valence-electron chi connectivity index (χ2n) is 10.5. The van der Waals surface area contributed by atoms with E-state index in [0.717, 1.165) is 57.4 Å². The standard InChI is InChI=1S/C25H35N5O5S/c31-20(6-2-1-5-19-22-17(15-36-19)27-24(34)28-22)30-12-9-25(16-30)7-10-29(11-8-25)21(32)14-26-23(33)18-4-3-13-35-18/h3-4,13,17,19,22H,1-2,5-12,14-16H2,(H,26,33)(H2,27,28,34). The van der Waals surface area contributed by atoms with E-state index >= 15 is 0 Å². The fourth-order valence-electron chi connectivity index (χ4n) is 5.97. The molecule has 0 aromatic carbocycles. The molecule has 1 aromatic rings. The summed E-state index contributed by atoms with van der Waals surface area (Å²) in [6.07, 6.45) is 7.66. The Kier molecular flexibility index (Phi) is 7.45. The lowest BCUT2D eigenvalue weighted by atomic mass is 9.78. The van der Waals surface area contributed by atoms with Crippen molar-refractivity contribution in [2.24, 2.45) is 5.41 Å². The summed E-state index contributed by atoms with van der Waals surface area (Å²) >= 11 is 1.92. The SMILES string of the molecule is O=C1NC2CSC(CCCCC(=O)N3CCC4(CCN(C(=O)CNC(=O)c5ccco5)CC4)C3)C2N1. The van der Waals surface area contributed by atoms with Gasteiger partial charge in [0.05, 0.1) is 24.9 Å². The summed E-state index contributed by atoms with van der Waals surface area (Å²) in [6.45, 7) is 2.85. The maximum atomic E-state index is 12.9. The zero-order valence-corrected chi connectivity index (χ0v) is 21.3. The van der Waals surface area contributed by atoms with Gasteiger partial charge in [0, 0.05) is 43.6 Å². The van der Waals surface area contributed by atoms with Gasteiger partial charge < -0.3 is 30.2 Å². The second kappa shape index (κ2) is 10.7. The van der Waals surface area contributed by atoms with Gasteiger partial charge in [-0.1, -0.05) is 6.42 Å². The van der Waals surface area contributed by atoms with Crippen LogP contribution in [0.2, 0.25) is 0 Å². The number of thioether (sulfide) groups is 1. The maximum absolute atomic E-state index is 12.9. The molecule has 5 rings (SSSR count). The molecule has 11 heteroatoms. The zero-order chi connectivity index (χ0) is 25.1. The molecule has 3 N–H and O–H groups in total. The van der Waals surface area contributed by atoms with Crippen LogP contribution < -0.4 is 16.0 Å². The first-order valence-corrected chi connectivity index (χ1v) is 14.0. The van der Waals surface area contributed by atoms with Crippen LogP contribution in [0.1, 0.15) is 55.5 Å². The van der Waals surface area contributed by atoms with E-state index in [-0.39, 0.29) is 53.6 Å². The molecular formula is C25H35N5O5S. The first kappa shape index (κ1) is 25.0. The van der Waals surface area contributed by atoms with Crippen molar-refractivity contribution >= 4 is 35.5 Å². The highest BCUT2D eigenvalue weighted by molar-refractivity contribution is 8.00. The fourth-order valence-corrected chi connectivity index (χ4v) is 7.52. The van der Waals surface area contributed by atoms with Gasteiger partial charge in [0.1, 0.15) is 0 Å². The van der Waals surface area contributed by atoms with Crippen LogP contribution in [0.25, 0.3) is 0 Å². The Balaban J connectivity index is 0.985. The van der Waals surface area contributed by atoms with Gasteiger partial charge in [0.25, 0.3) is 5.91 Å². The third kappa shape index (κ3) is 5.50. The number of fused-ring (bicyclic) bond motifs is 1. The maximum Gasteiger partial charge on any atom is 0.315 e. The molecule has 10 nitrogen and oxygen atoms in total. The molecule has 4 saturated heterocycles.